The summed E-state index contributed by atoms with van der Waals surface area (Å²) in [5.74, 6) is 0.882. The summed E-state index contributed by atoms with van der Waals surface area (Å²) >= 11 is 0. The van der Waals surface area contributed by atoms with Gasteiger partial charge in [0, 0.05) is 26.0 Å². The summed E-state index contributed by atoms with van der Waals surface area (Å²) in [5.41, 5.74) is 3.20. The summed E-state index contributed by atoms with van der Waals surface area (Å²) in [6.45, 7) is 7.04. The van der Waals surface area contributed by atoms with Gasteiger partial charge < -0.3 is 5.32 Å². The van der Waals surface area contributed by atoms with Crippen molar-refractivity contribution in [1.29, 1.82) is 0 Å². The second-order valence-electron chi connectivity index (χ2n) is 4.09. The Morgan fingerprint density at radius 3 is 2.71 bits per heavy atom. The molecule has 0 atom stereocenters. The number of nitrogens with zero attached hydrogens (tertiary/aromatic N) is 4. The second-order valence-corrected chi connectivity index (χ2v) is 4.09. The molecule has 0 aliphatic carbocycles. The molecule has 0 saturated heterocycles. The van der Waals surface area contributed by atoms with Crippen LogP contribution in [0.3, 0.4) is 0 Å². The molecule has 2 aromatic heterocycles. The van der Waals surface area contributed by atoms with Crippen LogP contribution in [0.25, 0.3) is 5.69 Å². The van der Waals surface area contributed by atoms with Gasteiger partial charge in [-0.15, -0.1) is 0 Å². The highest BCUT2D eigenvalue weighted by Gasteiger charge is 2.12. The molecule has 92 valence electrons. The van der Waals surface area contributed by atoms with Crippen molar-refractivity contribution in [3.63, 3.8) is 0 Å². The number of hydrogen-bond donors (Lipinski definition) is 1. The lowest BCUT2D eigenvalue weighted by molar-refractivity contribution is 0.746. The average Bonchev–Trinajstić information content (AvgIpc) is 2.82. The molecular formula is C12H19N5. The maximum Gasteiger partial charge on any atom is 0.207 e. The van der Waals surface area contributed by atoms with E-state index < -0.39 is 0 Å². The molecule has 5 nitrogen and oxygen atoms in total. The number of aryl methyl sites for hydroxylation is 3. The zero-order valence-electron chi connectivity index (χ0n) is 10.9. The Labute approximate surface area is 101 Å². The standard InChI is InChI=1S/C12H19N5/c1-5-10-11(8-16(4)15-10)17-7-9(3)14-12(17)13-6-2/h7-8H,5-6H2,1-4H3,(H,13,14). The first kappa shape index (κ1) is 11.7. The summed E-state index contributed by atoms with van der Waals surface area (Å²) in [4.78, 5) is 4.48. The molecule has 0 unspecified atom stereocenters. The number of aromatic nitrogens is 4. The first-order chi connectivity index (χ1) is 8.15. The average molecular weight is 233 g/mol. The molecule has 0 radical (unpaired) electrons. The summed E-state index contributed by atoms with van der Waals surface area (Å²) in [5, 5.41) is 7.73. The molecule has 1 N–H and O–H groups in total. The highest BCUT2D eigenvalue weighted by molar-refractivity contribution is 5.44. The Morgan fingerprint density at radius 1 is 1.29 bits per heavy atom. The van der Waals surface area contributed by atoms with E-state index in [1.54, 1.807) is 0 Å². The third kappa shape index (κ3) is 2.18. The van der Waals surface area contributed by atoms with Gasteiger partial charge in [-0.25, -0.2) is 4.98 Å². The van der Waals surface area contributed by atoms with Crippen LogP contribution in [0.1, 0.15) is 25.2 Å². The molecule has 0 spiro atoms. The van der Waals surface area contributed by atoms with Crippen LogP contribution in [0.4, 0.5) is 5.95 Å². The van der Waals surface area contributed by atoms with Crippen LogP contribution >= 0.6 is 0 Å². The first-order valence-corrected chi connectivity index (χ1v) is 5.98. The van der Waals surface area contributed by atoms with E-state index in [0.29, 0.717) is 0 Å². The molecule has 0 aliphatic heterocycles. The van der Waals surface area contributed by atoms with Gasteiger partial charge in [0.2, 0.25) is 5.95 Å². The molecule has 0 fully saturated rings. The fraction of sp³-hybridized carbons (Fsp3) is 0.500. The van der Waals surface area contributed by atoms with Crippen LogP contribution in [0.5, 0.6) is 0 Å². The summed E-state index contributed by atoms with van der Waals surface area (Å²) in [6.07, 6.45) is 4.98. The minimum atomic E-state index is 0.859. The quantitative estimate of drug-likeness (QED) is 0.877. The van der Waals surface area contributed by atoms with Gasteiger partial charge in [-0.3, -0.25) is 9.25 Å². The molecular weight excluding hydrogens is 214 g/mol. The van der Waals surface area contributed by atoms with E-state index in [0.717, 1.165) is 36.0 Å². The fourth-order valence-electron chi connectivity index (χ4n) is 1.94. The van der Waals surface area contributed by atoms with E-state index in [1.165, 1.54) is 0 Å². The highest BCUT2D eigenvalue weighted by atomic mass is 15.3. The van der Waals surface area contributed by atoms with Gasteiger partial charge >= 0.3 is 0 Å². The first-order valence-electron chi connectivity index (χ1n) is 5.98. The maximum absolute atomic E-state index is 4.48. The molecule has 0 aliphatic rings. The van der Waals surface area contributed by atoms with Crippen molar-refractivity contribution in [2.75, 3.05) is 11.9 Å². The predicted molar refractivity (Wildman–Crippen MR) is 68.6 cm³/mol. The lowest BCUT2D eigenvalue weighted by atomic mass is 10.3. The predicted octanol–water partition coefficient (Wildman–Crippen LogP) is 1.91. The van der Waals surface area contributed by atoms with Crippen molar-refractivity contribution in [3.8, 4) is 5.69 Å². The van der Waals surface area contributed by atoms with E-state index in [4.69, 9.17) is 0 Å². The van der Waals surface area contributed by atoms with Gasteiger partial charge in [0.05, 0.1) is 17.1 Å². The normalized spacial score (nSPS) is 10.8. The summed E-state index contributed by atoms with van der Waals surface area (Å²) in [6, 6.07) is 0. The SMILES string of the molecule is CCNc1nc(C)cn1-c1cn(C)nc1CC. The molecule has 0 amide bonds. The van der Waals surface area contributed by atoms with Crippen LogP contribution in [-0.4, -0.2) is 25.9 Å². The van der Waals surface area contributed by atoms with E-state index in [-0.39, 0.29) is 0 Å². The lowest BCUT2D eigenvalue weighted by Crippen LogP contribution is -2.05. The van der Waals surface area contributed by atoms with Crippen molar-refractivity contribution in [1.82, 2.24) is 19.3 Å². The number of anilines is 1. The van der Waals surface area contributed by atoms with Crippen LogP contribution in [-0.2, 0) is 13.5 Å². The Bertz CT molecular complexity index is 509. The molecule has 0 saturated carbocycles. The van der Waals surface area contributed by atoms with E-state index >= 15 is 0 Å². The molecule has 2 aromatic rings. The maximum atomic E-state index is 4.48. The number of imidazole rings is 1. The summed E-state index contributed by atoms with van der Waals surface area (Å²) < 4.78 is 3.92. The third-order valence-corrected chi connectivity index (χ3v) is 2.64. The van der Waals surface area contributed by atoms with Crippen molar-refractivity contribution < 1.29 is 0 Å². The van der Waals surface area contributed by atoms with Crippen LogP contribution in [0.2, 0.25) is 0 Å². The number of rotatable bonds is 4. The van der Waals surface area contributed by atoms with Crippen molar-refractivity contribution >= 4 is 5.95 Å². The van der Waals surface area contributed by atoms with Crippen LogP contribution in [0.15, 0.2) is 12.4 Å². The monoisotopic (exact) mass is 233 g/mol. The third-order valence-electron chi connectivity index (χ3n) is 2.64. The molecule has 0 bridgehead atoms. The van der Waals surface area contributed by atoms with Gasteiger partial charge in [-0.05, 0) is 20.3 Å². The zero-order chi connectivity index (χ0) is 12.4. The molecule has 2 rings (SSSR count). The highest BCUT2D eigenvalue weighted by Crippen LogP contribution is 2.19. The van der Waals surface area contributed by atoms with E-state index in [9.17, 15) is 0 Å². The van der Waals surface area contributed by atoms with Crippen molar-refractivity contribution in [2.45, 2.75) is 27.2 Å². The minimum Gasteiger partial charge on any atom is -0.356 e. The smallest absolute Gasteiger partial charge is 0.207 e. The number of nitrogens with one attached hydrogen (secondary N) is 1. The lowest BCUT2D eigenvalue weighted by Gasteiger charge is -2.07. The van der Waals surface area contributed by atoms with E-state index in [1.807, 2.05) is 31.0 Å². The minimum absolute atomic E-state index is 0.859. The van der Waals surface area contributed by atoms with Crippen molar-refractivity contribution in [2.24, 2.45) is 7.05 Å². The molecule has 5 heteroatoms. The van der Waals surface area contributed by atoms with Gasteiger partial charge in [0.15, 0.2) is 0 Å². The van der Waals surface area contributed by atoms with Gasteiger partial charge in [0.25, 0.3) is 0 Å². The van der Waals surface area contributed by atoms with Crippen molar-refractivity contribution in [3.05, 3.63) is 23.8 Å². The Morgan fingerprint density at radius 2 is 2.06 bits per heavy atom. The fourth-order valence-corrected chi connectivity index (χ4v) is 1.94. The Kier molecular flexibility index (Phi) is 3.17. The Balaban J connectivity index is 2.50. The van der Waals surface area contributed by atoms with Crippen LogP contribution < -0.4 is 5.32 Å². The summed E-state index contributed by atoms with van der Waals surface area (Å²) in [7, 11) is 1.94. The van der Waals surface area contributed by atoms with Gasteiger partial charge in [-0.2, -0.15) is 5.10 Å². The number of hydrogen-bond acceptors (Lipinski definition) is 3. The molecule has 0 aromatic carbocycles. The van der Waals surface area contributed by atoms with Gasteiger partial charge in [0.1, 0.15) is 0 Å². The van der Waals surface area contributed by atoms with Gasteiger partial charge in [-0.1, -0.05) is 6.92 Å². The second kappa shape index (κ2) is 4.61. The zero-order valence-corrected chi connectivity index (χ0v) is 10.9. The molecule has 17 heavy (non-hydrogen) atoms. The largest absolute Gasteiger partial charge is 0.356 e. The Hall–Kier alpha value is -1.78. The molecule has 2 heterocycles. The topological polar surface area (TPSA) is 47.7 Å². The van der Waals surface area contributed by atoms with Crippen LogP contribution in [0, 0.1) is 6.92 Å². The van der Waals surface area contributed by atoms with E-state index in [2.05, 4.69) is 33.8 Å².